The van der Waals surface area contributed by atoms with Crippen LogP contribution in [0.1, 0.15) is 17.0 Å². The zero-order valence-corrected chi connectivity index (χ0v) is 12.7. The molecule has 0 fully saturated rings. The minimum absolute atomic E-state index is 0.655. The molecular formula is C17H18N4O. The number of nitrogens with zero attached hydrogens (tertiary/aromatic N) is 3. The number of rotatable bonds is 4. The molecule has 5 heteroatoms. The summed E-state index contributed by atoms with van der Waals surface area (Å²) in [6.45, 7) is 1.95. The first kappa shape index (κ1) is 14.1. The van der Waals surface area contributed by atoms with Crippen LogP contribution >= 0.6 is 0 Å². The summed E-state index contributed by atoms with van der Waals surface area (Å²) in [4.78, 5) is 4.49. The maximum absolute atomic E-state index is 6.00. The van der Waals surface area contributed by atoms with Gasteiger partial charge in [-0.1, -0.05) is 24.3 Å². The Balaban J connectivity index is 1.97. The van der Waals surface area contributed by atoms with Gasteiger partial charge in [0.25, 0.3) is 0 Å². The first-order valence-electron chi connectivity index (χ1n) is 7.07. The highest BCUT2D eigenvalue weighted by Crippen LogP contribution is 2.21. The zero-order chi connectivity index (χ0) is 15.5. The number of nitrogen functional groups attached to an aromatic ring is 1. The van der Waals surface area contributed by atoms with Gasteiger partial charge in [0.2, 0.25) is 5.88 Å². The maximum atomic E-state index is 6.00. The van der Waals surface area contributed by atoms with Crippen LogP contribution in [0.15, 0.2) is 48.5 Å². The van der Waals surface area contributed by atoms with Crippen molar-refractivity contribution in [1.29, 1.82) is 0 Å². The predicted molar refractivity (Wildman–Crippen MR) is 86.3 cm³/mol. The quantitative estimate of drug-likeness (QED) is 0.751. The molecule has 0 aliphatic rings. The Morgan fingerprint density at radius 3 is 2.68 bits per heavy atom. The third-order valence-electron chi connectivity index (χ3n) is 3.45. The van der Waals surface area contributed by atoms with Crippen molar-refractivity contribution in [2.75, 3.05) is 12.8 Å². The van der Waals surface area contributed by atoms with Crippen LogP contribution in [0.3, 0.4) is 0 Å². The van der Waals surface area contributed by atoms with E-state index in [2.05, 4.69) is 10.1 Å². The lowest BCUT2D eigenvalue weighted by Crippen LogP contribution is -2.03. The Labute approximate surface area is 129 Å². The van der Waals surface area contributed by atoms with E-state index in [1.807, 2.05) is 55.5 Å². The standard InChI is InChI=1S/C17H18N4O/c1-12-6-5-9-16(19-12)21-17(22-2)11-14(20-21)10-13-7-3-4-8-15(13)18/h3-9,11H,10,18H2,1-2H3. The third kappa shape index (κ3) is 2.79. The molecule has 0 amide bonds. The summed E-state index contributed by atoms with van der Waals surface area (Å²) in [6, 6.07) is 15.5. The summed E-state index contributed by atoms with van der Waals surface area (Å²) in [5, 5.41) is 4.60. The molecule has 0 aliphatic heterocycles. The molecule has 0 atom stereocenters. The first-order valence-corrected chi connectivity index (χ1v) is 7.07. The van der Waals surface area contributed by atoms with Gasteiger partial charge in [-0.3, -0.25) is 0 Å². The Hall–Kier alpha value is -2.82. The monoisotopic (exact) mass is 294 g/mol. The average Bonchev–Trinajstić information content (AvgIpc) is 2.93. The lowest BCUT2D eigenvalue weighted by molar-refractivity contribution is 0.382. The van der Waals surface area contributed by atoms with Gasteiger partial charge in [-0.15, -0.1) is 0 Å². The molecule has 0 unspecified atom stereocenters. The van der Waals surface area contributed by atoms with E-state index in [0.29, 0.717) is 12.3 Å². The van der Waals surface area contributed by atoms with Gasteiger partial charge in [0.15, 0.2) is 5.82 Å². The minimum Gasteiger partial charge on any atom is -0.481 e. The number of hydrogen-bond acceptors (Lipinski definition) is 4. The molecule has 5 nitrogen and oxygen atoms in total. The fourth-order valence-corrected chi connectivity index (χ4v) is 2.34. The number of aryl methyl sites for hydroxylation is 1. The van der Waals surface area contributed by atoms with Gasteiger partial charge in [-0.2, -0.15) is 9.78 Å². The first-order chi connectivity index (χ1) is 10.7. The third-order valence-corrected chi connectivity index (χ3v) is 3.45. The van der Waals surface area contributed by atoms with Crippen molar-refractivity contribution in [1.82, 2.24) is 14.8 Å². The molecule has 0 aliphatic carbocycles. The molecule has 0 radical (unpaired) electrons. The summed E-state index contributed by atoms with van der Waals surface area (Å²) in [5.74, 6) is 1.40. The van der Waals surface area contributed by atoms with Crippen molar-refractivity contribution >= 4 is 5.69 Å². The second-order valence-corrected chi connectivity index (χ2v) is 5.10. The van der Waals surface area contributed by atoms with E-state index in [-0.39, 0.29) is 0 Å². The molecule has 2 N–H and O–H groups in total. The molecule has 1 aromatic carbocycles. The topological polar surface area (TPSA) is 66.0 Å². The average molecular weight is 294 g/mol. The predicted octanol–water partition coefficient (Wildman–Crippen LogP) is 2.76. The van der Waals surface area contributed by atoms with Crippen LogP contribution in [0.25, 0.3) is 5.82 Å². The molecule has 2 heterocycles. The molecule has 0 saturated carbocycles. The normalized spacial score (nSPS) is 10.6. The second kappa shape index (κ2) is 5.89. The van der Waals surface area contributed by atoms with Crippen LogP contribution < -0.4 is 10.5 Å². The van der Waals surface area contributed by atoms with Crippen LogP contribution in [0.4, 0.5) is 5.69 Å². The van der Waals surface area contributed by atoms with Crippen molar-refractivity contribution in [3.05, 3.63) is 65.5 Å². The van der Waals surface area contributed by atoms with Crippen LogP contribution in [-0.2, 0) is 6.42 Å². The van der Waals surface area contributed by atoms with E-state index in [1.165, 1.54) is 0 Å². The molecule has 112 valence electrons. The van der Waals surface area contributed by atoms with Crippen LogP contribution in [0.2, 0.25) is 0 Å². The van der Waals surface area contributed by atoms with Crippen molar-refractivity contribution in [3.63, 3.8) is 0 Å². The lowest BCUT2D eigenvalue weighted by Gasteiger charge is -2.05. The number of anilines is 1. The SMILES string of the molecule is COc1cc(Cc2ccccc2N)nn1-c1cccc(C)n1. The summed E-state index contributed by atoms with van der Waals surface area (Å²) in [7, 11) is 1.63. The summed E-state index contributed by atoms with van der Waals surface area (Å²) < 4.78 is 7.13. The van der Waals surface area contributed by atoms with Crippen LogP contribution in [0, 0.1) is 6.92 Å². The summed E-state index contributed by atoms with van der Waals surface area (Å²) in [5.41, 5.74) is 9.64. The highest BCUT2D eigenvalue weighted by atomic mass is 16.5. The smallest absolute Gasteiger partial charge is 0.218 e. The summed E-state index contributed by atoms with van der Waals surface area (Å²) >= 11 is 0. The Morgan fingerprint density at radius 1 is 1.14 bits per heavy atom. The molecule has 2 aromatic heterocycles. The van der Waals surface area contributed by atoms with E-state index >= 15 is 0 Å². The molecular weight excluding hydrogens is 276 g/mol. The van der Waals surface area contributed by atoms with Gasteiger partial charge < -0.3 is 10.5 Å². The van der Waals surface area contributed by atoms with Crippen LogP contribution in [-0.4, -0.2) is 21.9 Å². The number of para-hydroxylation sites is 1. The van der Waals surface area contributed by atoms with E-state index in [4.69, 9.17) is 10.5 Å². The highest BCUT2D eigenvalue weighted by Gasteiger charge is 2.12. The van der Waals surface area contributed by atoms with Gasteiger partial charge in [0.05, 0.1) is 12.8 Å². The fourth-order valence-electron chi connectivity index (χ4n) is 2.34. The molecule has 22 heavy (non-hydrogen) atoms. The molecule has 0 bridgehead atoms. The Kier molecular flexibility index (Phi) is 3.78. The largest absolute Gasteiger partial charge is 0.481 e. The Bertz CT molecular complexity index is 795. The zero-order valence-electron chi connectivity index (χ0n) is 12.7. The number of pyridine rings is 1. The number of aromatic nitrogens is 3. The fraction of sp³-hybridized carbons (Fsp3) is 0.176. The van der Waals surface area contributed by atoms with Gasteiger partial charge >= 0.3 is 0 Å². The second-order valence-electron chi connectivity index (χ2n) is 5.10. The van der Waals surface area contributed by atoms with Gasteiger partial charge in [-0.25, -0.2) is 4.98 Å². The number of methoxy groups -OCH3 is 1. The van der Waals surface area contributed by atoms with Crippen molar-refractivity contribution < 1.29 is 4.74 Å². The number of ether oxygens (including phenoxy) is 1. The van der Waals surface area contributed by atoms with E-state index < -0.39 is 0 Å². The molecule has 0 spiro atoms. The lowest BCUT2D eigenvalue weighted by atomic mass is 10.1. The van der Waals surface area contributed by atoms with E-state index in [9.17, 15) is 0 Å². The van der Waals surface area contributed by atoms with Gasteiger partial charge in [-0.05, 0) is 30.7 Å². The van der Waals surface area contributed by atoms with Crippen molar-refractivity contribution in [2.24, 2.45) is 0 Å². The van der Waals surface area contributed by atoms with Gasteiger partial charge in [0.1, 0.15) is 0 Å². The summed E-state index contributed by atoms with van der Waals surface area (Å²) in [6.07, 6.45) is 0.655. The van der Waals surface area contributed by atoms with Crippen LogP contribution in [0.5, 0.6) is 5.88 Å². The van der Waals surface area contributed by atoms with Gasteiger partial charge in [0, 0.05) is 23.9 Å². The van der Waals surface area contributed by atoms with Crippen molar-refractivity contribution in [3.8, 4) is 11.7 Å². The van der Waals surface area contributed by atoms with E-state index in [0.717, 1.165) is 28.5 Å². The number of nitrogens with two attached hydrogens (primary N) is 1. The highest BCUT2D eigenvalue weighted by molar-refractivity contribution is 5.48. The number of benzene rings is 1. The van der Waals surface area contributed by atoms with Crippen molar-refractivity contribution in [2.45, 2.75) is 13.3 Å². The Morgan fingerprint density at radius 2 is 1.95 bits per heavy atom. The number of hydrogen-bond donors (Lipinski definition) is 1. The molecule has 3 rings (SSSR count). The molecule has 3 aromatic rings. The maximum Gasteiger partial charge on any atom is 0.218 e. The van der Waals surface area contributed by atoms with E-state index in [1.54, 1.807) is 11.8 Å². The molecule has 0 saturated heterocycles. The minimum atomic E-state index is 0.655.